The van der Waals surface area contributed by atoms with E-state index in [1.807, 2.05) is 0 Å². The smallest absolute Gasteiger partial charge is 0.217 e. The summed E-state index contributed by atoms with van der Waals surface area (Å²) in [5.74, 6) is 0.377. The molecule has 2 heterocycles. The predicted molar refractivity (Wildman–Crippen MR) is 62.1 cm³/mol. The molecular weight excluding hydrogens is 223 g/mol. The molecule has 1 saturated heterocycles. The maximum Gasteiger partial charge on any atom is 0.217 e. The molecule has 94 valence electrons. The topological polar surface area (TPSA) is 43.4 Å². The van der Waals surface area contributed by atoms with Crippen molar-refractivity contribution in [2.75, 3.05) is 27.3 Å². The van der Waals surface area contributed by atoms with E-state index in [9.17, 15) is 4.39 Å². The van der Waals surface area contributed by atoms with Crippen molar-refractivity contribution in [2.24, 2.45) is 0 Å². The Morgan fingerprint density at radius 3 is 2.59 bits per heavy atom. The van der Waals surface area contributed by atoms with E-state index in [0.29, 0.717) is 11.6 Å². The first kappa shape index (κ1) is 12.1. The van der Waals surface area contributed by atoms with Crippen LogP contribution in [0.3, 0.4) is 0 Å². The normalized spacial score (nSPS) is 16.9. The van der Waals surface area contributed by atoms with Gasteiger partial charge in [-0.1, -0.05) is 0 Å². The molecule has 5 heteroatoms. The number of halogens is 1. The Kier molecular flexibility index (Phi) is 3.78. The Balaban J connectivity index is 2.36. The zero-order chi connectivity index (χ0) is 12.3. The molecule has 0 amide bonds. The van der Waals surface area contributed by atoms with Gasteiger partial charge in [0.2, 0.25) is 5.88 Å². The standard InChI is InChI=1S/C12H17FN2O2/c1-16-9-7-10(17-2)15-12(11(9)13)8-3-5-14-6-4-8/h7-8,14H,3-6H2,1-2H3. The van der Waals surface area contributed by atoms with Crippen LogP contribution in [0.25, 0.3) is 0 Å². The summed E-state index contributed by atoms with van der Waals surface area (Å²) in [5.41, 5.74) is 0.461. The summed E-state index contributed by atoms with van der Waals surface area (Å²) in [7, 11) is 2.97. The van der Waals surface area contributed by atoms with Crippen LogP contribution in [-0.2, 0) is 0 Å². The minimum atomic E-state index is -0.361. The van der Waals surface area contributed by atoms with Crippen molar-refractivity contribution >= 4 is 0 Å². The fraction of sp³-hybridized carbons (Fsp3) is 0.583. The van der Waals surface area contributed by atoms with Gasteiger partial charge in [-0.3, -0.25) is 0 Å². The van der Waals surface area contributed by atoms with Crippen LogP contribution in [0, 0.1) is 5.82 Å². The highest BCUT2D eigenvalue weighted by atomic mass is 19.1. The van der Waals surface area contributed by atoms with Gasteiger partial charge in [0, 0.05) is 12.0 Å². The summed E-state index contributed by atoms with van der Waals surface area (Å²) in [6.45, 7) is 1.79. The summed E-state index contributed by atoms with van der Waals surface area (Å²) >= 11 is 0. The Labute approximate surface area is 100 Å². The van der Waals surface area contributed by atoms with Gasteiger partial charge in [-0.05, 0) is 25.9 Å². The van der Waals surface area contributed by atoms with Crippen molar-refractivity contribution in [3.8, 4) is 11.6 Å². The molecule has 0 aliphatic carbocycles. The van der Waals surface area contributed by atoms with Crippen LogP contribution in [0.1, 0.15) is 24.5 Å². The molecule has 1 aromatic heterocycles. The highest BCUT2D eigenvalue weighted by Gasteiger charge is 2.23. The van der Waals surface area contributed by atoms with Gasteiger partial charge in [0.05, 0.1) is 19.9 Å². The van der Waals surface area contributed by atoms with Gasteiger partial charge in [-0.25, -0.2) is 9.37 Å². The van der Waals surface area contributed by atoms with Crippen LogP contribution in [0.5, 0.6) is 11.6 Å². The number of aromatic nitrogens is 1. The lowest BCUT2D eigenvalue weighted by Gasteiger charge is -2.23. The molecule has 2 rings (SSSR count). The third-order valence-electron chi connectivity index (χ3n) is 3.08. The third-order valence-corrected chi connectivity index (χ3v) is 3.08. The lowest BCUT2D eigenvalue weighted by molar-refractivity contribution is 0.349. The van der Waals surface area contributed by atoms with Gasteiger partial charge in [0.1, 0.15) is 0 Å². The van der Waals surface area contributed by atoms with E-state index in [2.05, 4.69) is 10.3 Å². The van der Waals surface area contributed by atoms with Crippen LogP contribution in [0.15, 0.2) is 6.07 Å². The summed E-state index contributed by atoms with van der Waals surface area (Å²) in [6.07, 6.45) is 1.78. The zero-order valence-corrected chi connectivity index (χ0v) is 10.1. The molecule has 1 aliphatic rings. The molecule has 0 saturated carbocycles. The van der Waals surface area contributed by atoms with E-state index in [1.54, 1.807) is 0 Å². The van der Waals surface area contributed by atoms with Crippen LogP contribution in [0.4, 0.5) is 4.39 Å². The van der Waals surface area contributed by atoms with E-state index < -0.39 is 0 Å². The summed E-state index contributed by atoms with van der Waals surface area (Å²) in [6, 6.07) is 1.47. The molecule has 1 fully saturated rings. The molecule has 1 N–H and O–H groups in total. The lowest BCUT2D eigenvalue weighted by atomic mass is 9.93. The van der Waals surface area contributed by atoms with Gasteiger partial charge >= 0.3 is 0 Å². The molecule has 1 aliphatic heterocycles. The zero-order valence-electron chi connectivity index (χ0n) is 10.1. The van der Waals surface area contributed by atoms with Crippen molar-refractivity contribution in [1.29, 1.82) is 0 Å². The second-order valence-electron chi connectivity index (χ2n) is 4.09. The van der Waals surface area contributed by atoms with E-state index >= 15 is 0 Å². The number of pyridine rings is 1. The number of nitrogens with zero attached hydrogens (tertiary/aromatic N) is 1. The number of hydrogen-bond donors (Lipinski definition) is 1. The average Bonchev–Trinajstić information content (AvgIpc) is 2.40. The highest BCUT2D eigenvalue weighted by Crippen LogP contribution is 2.32. The molecule has 4 nitrogen and oxygen atoms in total. The Morgan fingerprint density at radius 2 is 2.00 bits per heavy atom. The molecular formula is C12H17FN2O2. The molecule has 1 aromatic rings. The number of piperidine rings is 1. The number of ether oxygens (including phenoxy) is 2. The van der Waals surface area contributed by atoms with Gasteiger partial charge < -0.3 is 14.8 Å². The fourth-order valence-electron chi connectivity index (χ4n) is 2.12. The Bertz CT molecular complexity index is 392. The summed E-state index contributed by atoms with van der Waals surface area (Å²) < 4.78 is 24.2. The molecule has 0 unspecified atom stereocenters. The minimum absolute atomic E-state index is 0.139. The van der Waals surface area contributed by atoms with Crippen LogP contribution in [0.2, 0.25) is 0 Å². The lowest BCUT2D eigenvalue weighted by Crippen LogP contribution is -2.27. The molecule has 0 spiro atoms. The van der Waals surface area contributed by atoms with Crippen molar-refractivity contribution in [3.05, 3.63) is 17.6 Å². The first-order valence-corrected chi connectivity index (χ1v) is 5.75. The first-order valence-electron chi connectivity index (χ1n) is 5.75. The van der Waals surface area contributed by atoms with Crippen molar-refractivity contribution in [1.82, 2.24) is 10.3 Å². The number of nitrogens with one attached hydrogen (secondary N) is 1. The molecule has 0 bridgehead atoms. The number of hydrogen-bond acceptors (Lipinski definition) is 4. The largest absolute Gasteiger partial charge is 0.493 e. The molecule has 0 atom stereocenters. The van der Waals surface area contributed by atoms with Gasteiger partial charge in [-0.2, -0.15) is 0 Å². The van der Waals surface area contributed by atoms with Crippen LogP contribution >= 0.6 is 0 Å². The van der Waals surface area contributed by atoms with E-state index in [4.69, 9.17) is 9.47 Å². The van der Waals surface area contributed by atoms with Gasteiger partial charge in [0.25, 0.3) is 0 Å². The average molecular weight is 240 g/mol. The first-order chi connectivity index (χ1) is 8.26. The van der Waals surface area contributed by atoms with Gasteiger partial charge in [-0.15, -0.1) is 0 Å². The highest BCUT2D eigenvalue weighted by molar-refractivity contribution is 5.34. The Morgan fingerprint density at radius 1 is 1.29 bits per heavy atom. The second-order valence-corrected chi connectivity index (χ2v) is 4.09. The van der Waals surface area contributed by atoms with Gasteiger partial charge in [0.15, 0.2) is 11.6 Å². The van der Waals surface area contributed by atoms with Crippen molar-refractivity contribution in [3.63, 3.8) is 0 Å². The number of rotatable bonds is 3. The second kappa shape index (κ2) is 5.31. The van der Waals surface area contributed by atoms with Crippen molar-refractivity contribution < 1.29 is 13.9 Å². The van der Waals surface area contributed by atoms with E-state index in [1.165, 1.54) is 20.3 Å². The molecule has 0 aromatic carbocycles. The van der Waals surface area contributed by atoms with E-state index in [-0.39, 0.29) is 17.5 Å². The third kappa shape index (κ3) is 2.49. The van der Waals surface area contributed by atoms with Crippen LogP contribution in [-0.4, -0.2) is 32.3 Å². The van der Waals surface area contributed by atoms with E-state index in [0.717, 1.165) is 25.9 Å². The van der Waals surface area contributed by atoms with Crippen molar-refractivity contribution in [2.45, 2.75) is 18.8 Å². The maximum atomic E-state index is 14.1. The molecule has 0 radical (unpaired) electrons. The minimum Gasteiger partial charge on any atom is -0.493 e. The number of methoxy groups -OCH3 is 2. The predicted octanol–water partition coefficient (Wildman–Crippen LogP) is 1.70. The monoisotopic (exact) mass is 240 g/mol. The SMILES string of the molecule is COc1cc(OC)c(F)c(C2CCNCC2)n1. The molecule has 17 heavy (non-hydrogen) atoms. The Hall–Kier alpha value is -1.36. The quantitative estimate of drug-likeness (QED) is 0.873. The summed E-state index contributed by atoms with van der Waals surface area (Å²) in [4.78, 5) is 4.22. The maximum absolute atomic E-state index is 14.1. The fourth-order valence-corrected chi connectivity index (χ4v) is 2.12. The van der Waals surface area contributed by atoms with Crippen LogP contribution < -0.4 is 14.8 Å². The summed E-state index contributed by atoms with van der Waals surface area (Å²) in [5, 5.41) is 3.25.